The molecule has 0 N–H and O–H groups in total. The van der Waals surface area contributed by atoms with Crippen LogP contribution in [0.2, 0.25) is 5.02 Å². The molecule has 0 aromatic heterocycles. The van der Waals surface area contributed by atoms with Crippen molar-refractivity contribution in [3.05, 3.63) is 34.9 Å². The molecule has 6 heteroatoms. The first-order valence-electron chi connectivity index (χ1n) is 7.05. The van der Waals surface area contributed by atoms with Crippen LogP contribution in [0.5, 0.6) is 0 Å². The number of hydrogen-bond donors (Lipinski definition) is 0. The van der Waals surface area contributed by atoms with Gasteiger partial charge in [-0.15, -0.1) is 0 Å². The molecule has 1 aromatic rings. The number of halogens is 1. The summed E-state index contributed by atoms with van der Waals surface area (Å²) in [5, 5.41) is 0.504. The van der Waals surface area contributed by atoms with Crippen molar-refractivity contribution >= 4 is 27.3 Å². The fraction of sp³-hybridized carbons (Fsp3) is 0.533. The molecule has 1 aromatic carbocycles. The van der Waals surface area contributed by atoms with Crippen LogP contribution in [0.3, 0.4) is 0 Å². The van der Waals surface area contributed by atoms with Crippen LogP contribution in [0.1, 0.15) is 30.6 Å². The molecule has 0 spiro atoms. The first kappa shape index (κ1) is 16.3. The lowest BCUT2D eigenvalue weighted by atomic mass is 10.1. The lowest BCUT2D eigenvalue weighted by Crippen LogP contribution is -2.43. The summed E-state index contributed by atoms with van der Waals surface area (Å²) in [6.45, 7) is 4.58. The molecule has 21 heavy (non-hydrogen) atoms. The fourth-order valence-electron chi connectivity index (χ4n) is 2.60. The first-order valence-corrected chi connectivity index (χ1v) is 9.25. The maximum atomic E-state index is 12.7. The molecular formula is C15H20ClNO3S. The van der Waals surface area contributed by atoms with Crippen molar-refractivity contribution < 1.29 is 13.2 Å². The van der Waals surface area contributed by atoms with Crippen molar-refractivity contribution in [2.75, 3.05) is 18.1 Å². The average Bonchev–Trinajstić information content (AvgIpc) is 2.75. The molecule has 0 unspecified atom stereocenters. The Kier molecular flexibility index (Phi) is 4.94. The van der Waals surface area contributed by atoms with Crippen molar-refractivity contribution in [1.29, 1.82) is 0 Å². The molecule has 0 radical (unpaired) electrons. The highest BCUT2D eigenvalue weighted by Crippen LogP contribution is 2.22. The Morgan fingerprint density at radius 2 is 2.14 bits per heavy atom. The Hall–Kier alpha value is -1.07. The topological polar surface area (TPSA) is 54.5 Å². The van der Waals surface area contributed by atoms with Gasteiger partial charge in [0.05, 0.1) is 11.5 Å². The third kappa shape index (κ3) is 4.20. The summed E-state index contributed by atoms with van der Waals surface area (Å²) in [7, 11) is -3.02. The third-order valence-corrected chi connectivity index (χ3v) is 5.53. The molecular weight excluding hydrogens is 310 g/mol. The van der Waals surface area contributed by atoms with Crippen LogP contribution in [0, 0.1) is 5.92 Å². The second-order valence-corrected chi connectivity index (χ2v) is 8.58. The van der Waals surface area contributed by atoms with Gasteiger partial charge in [0.1, 0.15) is 0 Å². The molecule has 1 amide bonds. The second kappa shape index (κ2) is 6.36. The summed E-state index contributed by atoms with van der Waals surface area (Å²) in [4.78, 5) is 14.4. The van der Waals surface area contributed by atoms with Gasteiger partial charge in [-0.25, -0.2) is 8.42 Å². The van der Waals surface area contributed by atoms with Crippen molar-refractivity contribution in [2.45, 2.75) is 26.3 Å². The Morgan fingerprint density at radius 3 is 2.67 bits per heavy atom. The number of hydrogen-bond acceptors (Lipinski definition) is 3. The van der Waals surface area contributed by atoms with Gasteiger partial charge in [-0.05, 0) is 30.5 Å². The summed E-state index contributed by atoms with van der Waals surface area (Å²) in [6, 6.07) is 6.55. The minimum atomic E-state index is -3.02. The number of sulfone groups is 1. The number of carbonyl (C=O) groups excluding carboxylic acids is 1. The highest BCUT2D eigenvalue weighted by molar-refractivity contribution is 7.91. The zero-order valence-electron chi connectivity index (χ0n) is 12.3. The molecule has 1 fully saturated rings. The smallest absolute Gasteiger partial charge is 0.254 e. The van der Waals surface area contributed by atoms with E-state index >= 15 is 0 Å². The molecule has 1 aliphatic heterocycles. The normalized spacial score (nSPS) is 20.7. The van der Waals surface area contributed by atoms with E-state index in [1.54, 1.807) is 29.2 Å². The molecule has 1 saturated heterocycles. The van der Waals surface area contributed by atoms with Gasteiger partial charge in [0.2, 0.25) is 0 Å². The van der Waals surface area contributed by atoms with Gasteiger partial charge in [0, 0.05) is 23.2 Å². The molecule has 4 nitrogen and oxygen atoms in total. The SMILES string of the molecule is CC(C)CN(C(=O)c1cccc(Cl)c1)[C@H]1CCS(=O)(=O)C1. The maximum absolute atomic E-state index is 12.7. The summed E-state index contributed by atoms with van der Waals surface area (Å²) in [5.74, 6) is 0.353. The monoisotopic (exact) mass is 329 g/mol. The van der Waals surface area contributed by atoms with E-state index in [4.69, 9.17) is 11.6 Å². The van der Waals surface area contributed by atoms with E-state index in [1.807, 2.05) is 13.8 Å². The maximum Gasteiger partial charge on any atom is 0.254 e. The standard InChI is InChI=1S/C15H20ClNO3S/c1-11(2)9-17(14-6-7-21(19,20)10-14)15(18)12-4-3-5-13(16)8-12/h3-5,8,11,14H,6-7,9-10H2,1-2H3/t14-/m0/s1. The predicted molar refractivity (Wildman–Crippen MR) is 84.4 cm³/mol. The van der Waals surface area contributed by atoms with Crippen LogP contribution in [-0.2, 0) is 9.84 Å². The number of nitrogens with zero attached hydrogens (tertiary/aromatic N) is 1. The minimum absolute atomic E-state index is 0.0615. The lowest BCUT2D eigenvalue weighted by molar-refractivity contribution is 0.0672. The zero-order valence-corrected chi connectivity index (χ0v) is 13.8. The molecule has 1 atom stereocenters. The molecule has 0 saturated carbocycles. The highest BCUT2D eigenvalue weighted by Gasteiger charge is 2.35. The van der Waals surface area contributed by atoms with E-state index in [9.17, 15) is 13.2 Å². The van der Waals surface area contributed by atoms with Crippen LogP contribution in [0.4, 0.5) is 0 Å². The average molecular weight is 330 g/mol. The molecule has 0 aliphatic carbocycles. The number of benzene rings is 1. The van der Waals surface area contributed by atoms with Crippen LogP contribution in [0.25, 0.3) is 0 Å². The molecule has 0 bridgehead atoms. The summed E-state index contributed by atoms with van der Waals surface area (Å²) >= 11 is 5.94. The van der Waals surface area contributed by atoms with Gasteiger partial charge in [-0.3, -0.25) is 4.79 Å². The zero-order chi connectivity index (χ0) is 15.6. The van der Waals surface area contributed by atoms with Gasteiger partial charge in [0.25, 0.3) is 5.91 Å². The van der Waals surface area contributed by atoms with Gasteiger partial charge in [0.15, 0.2) is 9.84 Å². The minimum Gasteiger partial charge on any atom is -0.334 e. The molecule has 116 valence electrons. The summed E-state index contributed by atoms with van der Waals surface area (Å²) in [5.41, 5.74) is 0.507. The van der Waals surface area contributed by atoms with E-state index in [0.29, 0.717) is 23.6 Å². The van der Waals surface area contributed by atoms with Gasteiger partial charge in [-0.2, -0.15) is 0 Å². The Labute approximate surface area is 131 Å². The Balaban J connectivity index is 2.26. The number of rotatable bonds is 4. The third-order valence-electron chi connectivity index (χ3n) is 3.54. The van der Waals surface area contributed by atoms with Crippen molar-refractivity contribution in [2.24, 2.45) is 5.92 Å². The van der Waals surface area contributed by atoms with E-state index in [1.165, 1.54) is 0 Å². The molecule has 1 aliphatic rings. The van der Waals surface area contributed by atoms with E-state index < -0.39 is 9.84 Å². The predicted octanol–water partition coefficient (Wildman–Crippen LogP) is 2.63. The molecule has 2 rings (SSSR count). The fourth-order valence-corrected chi connectivity index (χ4v) is 4.52. The van der Waals surface area contributed by atoms with Crippen molar-refractivity contribution in [3.63, 3.8) is 0 Å². The molecule has 1 heterocycles. The van der Waals surface area contributed by atoms with Gasteiger partial charge >= 0.3 is 0 Å². The number of amides is 1. The van der Waals surface area contributed by atoms with Crippen LogP contribution >= 0.6 is 11.6 Å². The van der Waals surface area contributed by atoms with E-state index in [0.717, 1.165) is 0 Å². The van der Waals surface area contributed by atoms with Gasteiger partial charge in [-0.1, -0.05) is 31.5 Å². The van der Waals surface area contributed by atoms with E-state index in [-0.39, 0.29) is 29.4 Å². The highest BCUT2D eigenvalue weighted by atomic mass is 35.5. The van der Waals surface area contributed by atoms with Crippen molar-refractivity contribution in [1.82, 2.24) is 4.90 Å². The summed E-state index contributed by atoms with van der Waals surface area (Å²) < 4.78 is 23.4. The van der Waals surface area contributed by atoms with Crippen LogP contribution in [-0.4, -0.2) is 43.3 Å². The number of carbonyl (C=O) groups is 1. The second-order valence-electron chi connectivity index (χ2n) is 5.92. The lowest BCUT2D eigenvalue weighted by Gasteiger charge is -2.30. The summed E-state index contributed by atoms with van der Waals surface area (Å²) in [6.07, 6.45) is 0.515. The Morgan fingerprint density at radius 1 is 1.43 bits per heavy atom. The largest absolute Gasteiger partial charge is 0.334 e. The van der Waals surface area contributed by atoms with Crippen molar-refractivity contribution in [3.8, 4) is 0 Å². The van der Waals surface area contributed by atoms with E-state index in [2.05, 4.69) is 0 Å². The first-order chi connectivity index (χ1) is 9.78. The quantitative estimate of drug-likeness (QED) is 0.853. The van der Waals surface area contributed by atoms with Gasteiger partial charge < -0.3 is 4.90 Å². The van der Waals surface area contributed by atoms with Crippen LogP contribution < -0.4 is 0 Å². The Bertz CT molecular complexity index is 628. The van der Waals surface area contributed by atoms with Crippen LogP contribution in [0.15, 0.2) is 24.3 Å².